The zero-order chi connectivity index (χ0) is 12.1. The first-order chi connectivity index (χ1) is 6.90. The maximum absolute atomic E-state index is 12.1. The van der Waals surface area contributed by atoms with Crippen molar-refractivity contribution in [3.63, 3.8) is 0 Å². The molecule has 0 aliphatic heterocycles. The Morgan fingerprint density at radius 2 is 2.07 bits per heavy atom. The second kappa shape index (κ2) is 6.08. The number of likely N-dealkylation sites (N-methyl/N-ethyl adjacent to an activating group) is 1. The van der Waals surface area contributed by atoms with Crippen LogP contribution >= 0.6 is 0 Å². The van der Waals surface area contributed by atoms with Gasteiger partial charge in [-0.3, -0.25) is 4.79 Å². The summed E-state index contributed by atoms with van der Waals surface area (Å²) in [4.78, 5) is 13.9. The molecule has 0 bridgehead atoms. The summed E-state index contributed by atoms with van der Waals surface area (Å²) >= 11 is 0. The molecule has 0 heterocycles. The zero-order valence-electron chi connectivity index (χ0n) is 10.5. The summed E-state index contributed by atoms with van der Waals surface area (Å²) in [5.74, 6) is 0.0945. The van der Waals surface area contributed by atoms with Crippen LogP contribution in [0, 0.1) is 5.41 Å². The molecule has 1 amide bonds. The van der Waals surface area contributed by atoms with E-state index >= 15 is 0 Å². The molecule has 0 aliphatic carbocycles. The van der Waals surface area contributed by atoms with Crippen molar-refractivity contribution in [2.75, 3.05) is 26.8 Å². The number of methoxy groups -OCH3 is 1. The van der Waals surface area contributed by atoms with Gasteiger partial charge in [0.1, 0.15) is 0 Å². The van der Waals surface area contributed by atoms with Gasteiger partial charge in [0.25, 0.3) is 0 Å². The molecule has 1 unspecified atom stereocenters. The van der Waals surface area contributed by atoms with Crippen LogP contribution in [0.15, 0.2) is 0 Å². The molecule has 0 aromatic rings. The number of nitrogens with two attached hydrogens (primary N) is 1. The third kappa shape index (κ3) is 3.80. The van der Waals surface area contributed by atoms with Gasteiger partial charge in [0.05, 0.1) is 18.1 Å². The fraction of sp³-hybridized carbons (Fsp3) is 0.909. The number of rotatable bonds is 6. The van der Waals surface area contributed by atoms with Crippen molar-refractivity contribution < 1.29 is 9.53 Å². The number of nitrogens with zero attached hydrogens (tertiary/aromatic N) is 1. The number of ether oxygens (including phenoxy) is 1. The van der Waals surface area contributed by atoms with Crippen LogP contribution < -0.4 is 5.73 Å². The minimum absolute atomic E-state index is 0.0945. The normalized spacial score (nSPS) is 13.7. The average Bonchev–Trinajstić information content (AvgIpc) is 2.19. The Morgan fingerprint density at radius 1 is 1.53 bits per heavy atom. The number of amides is 1. The van der Waals surface area contributed by atoms with Crippen LogP contribution in [0.25, 0.3) is 0 Å². The molecule has 0 aliphatic rings. The quantitative estimate of drug-likeness (QED) is 0.716. The molecule has 0 spiro atoms. The number of hydrogen-bond donors (Lipinski definition) is 1. The van der Waals surface area contributed by atoms with Crippen LogP contribution in [0.1, 0.15) is 27.7 Å². The number of carbonyl (C=O) groups excluding carboxylic acids is 1. The first kappa shape index (κ1) is 14.4. The SMILES string of the molecule is CCN(C(=O)C(C)(C)CN)C(C)COC. The molecular weight excluding hydrogens is 192 g/mol. The fourth-order valence-electron chi connectivity index (χ4n) is 1.46. The highest BCUT2D eigenvalue weighted by atomic mass is 16.5. The van der Waals surface area contributed by atoms with Gasteiger partial charge in [-0.25, -0.2) is 0 Å². The van der Waals surface area contributed by atoms with Gasteiger partial charge >= 0.3 is 0 Å². The Balaban J connectivity index is 4.60. The van der Waals surface area contributed by atoms with E-state index in [4.69, 9.17) is 10.5 Å². The third-order valence-electron chi connectivity index (χ3n) is 2.63. The highest BCUT2D eigenvalue weighted by molar-refractivity contribution is 5.82. The molecule has 90 valence electrons. The van der Waals surface area contributed by atoms with Crippen LogP contribution in [0.2, 0.25) is 0 Å². The lowest BCUT2D eigenvalue weighted by Gasteiger charge is -2.34. The van der Waals surface area contributed by atoms with E-state index in [0.29, 0.717) is 19.7 Å². The molecule has 4 nitrogen and oxygen atoms in total. The summed E-state index contributed by atoms with van der Waals surface area (Å²) in [5.41, 5.74) is 5.11. The summed E-state index contributed by atoms with van der Waals surface area (Å²) in [7, 11) is 1.64. The summed E-state index contributed by atoms with van der Waals surface area (Å²) in [5, 5.41) is 0. The van der Waals surface area contributed by atoms with E-state index in [1.165, 1.54) is 0 Å². The molecule has 0 aromatic carbocycles. The molecule has 0 radical (unpaired) electrons. The largest absolute Gasteiger partial charge is 0.383 e. The molecule has 0 aromatic heterocycles. The Labute approximate surface area is 92.8 Å². The van der Waals surface area contributed by atoms with Crippen LogP contribution in [0.4, 0.5) is 0 Å². The van der Waals surface area contributed by atoms with E-state index in [0.717, 1.165) is 0 Å². The molecular formula is C11H24N2O2. The van der Waals surface area contributed by atoms with Gasteiger partial charge in [0.2, 0.25) is 5.91 Å². The van der Waals surface area contributed by atoms with Gasteiger partial charge in [-0.1, -0.05) is 0 Å². The molecule has 0 fully saturated rings. The first-order valence-corrected chi connectivity index (χ1v) is 5.40. The summed E-state index contributed by atoms with van der Waals surface area (Å²) in [6, 6.07) is 0.0957. The average molecular weight is 216 g/mol. The lowest BCUT2D eigenvalue weighted by Crippen LogP contribution is -2.49. The standard InChI is InChI=1S/C11H24N2O2/c1-6-13(9(2)7-15-5)10(14)11(3,4)8-12/h9H,6-8,12H2,1-5H3. The van der Waals surface area contributed by atoms with Crippen LogP contribution in [0.5, 0.6) is 0 Å². The number of hydrogen-bond acceptors (Lipinski definition) is 3. The van der Waals surface area contributed by atoms with Crippen molar-refractivity contribution in [1.29, 1.82) is 0 Å². The molecule has 0 rings (SSSR count). The van der Waals surface area contributed by atoms with Crippen molar-refractivity contribution >= 4 is 5.91 Å². The Kier molecular flexibility index (Phi) is 5.83. The van der Waals surface area contributed by atoms with Crippen LogP contribution in [-0.2, 0) is 9.53 Å². The van der Waals surface area contributed by atoms with E-state index in [1.807, 2.05) is 32.6 Å². The maximum atomic E-state index is 12.1. The first-order valence-electron chi connectivity index (χ1n) is 5.40. The van der Waals surface area contributed by atoms with E-state index in [-0.39, 0.29) is 11.9 Å². The minimum atomic E-state index is -0.488. The van der Waals surface area contributed by atoms with Gasteiger partial charge in [-0.15, -0.1) is 0 Å². The topological polar surface area (TPSA) is 55.6 Å². The van der Waals surface area contributed by atoms with Crippen LogP contribution in [0.3, 0.4) is 0 Å². The van der Waals surface area contributed by atoms with E-state index in [9.17, 15) is 4.79 Å². The second-order valence-corrected chi connectivity index (χ2v) is 4.48. The highest BCUT2D eigenvalue weighted by Crippen LogP contribution is 2.18. The molecule has 1 atom stereocenters. The van der Waals surface area contributed by atoms with Crippen LogP contribution in [-0.4, -0.2) is 43.7 Å². The Morgan fingerprint density at radius 3 is 2.40 bits per heavy atom. The lowest BCUT2D eigenvalue weighted by molar-refractivity contribution is -0.142. The van der Waals surface area contributed by atoms with Crippen molar-refractivity contribution in [1.82, 2.24) is 4.90 Å². The van der Waals surface area contributed by atoms with Crippen molar-refractivity contribution in [2.24, 2.45) is 11.1 Å². The van der Waals surface area contributed by atoms with Crippen molar-refractivity contribution in [3.05, 3.63) is 0 Å². The molecule has 0 saturated carbocycles. The zero-order valence-corrected chi connectivity index (χ0v) is 10.5. The van der Waals surface area contributed by atoms with E-state index in [2.05, 4.69) is 0 Å². The van der Waals surface area contributed by atoms with Gasteiger partial charge < -0.3 is 15.4 Å². The molecule has 4 heteroatoms. The molecule has 0 saturated heterocycles. The van der Waals surface area contributed by atoms with E-state index in [1.54, 1.807) is 7.11 Å². The molecule has 15 heavy (non-hydrogen) atoms. The smallest absolute Gasteiger partial charge is 0.229 e. The second-order valence-electron chi connectivity index (χ2n) is 4.48. The summed E-state index contributed by atoms with van der Waals surface area (Å²) in [6.45, 7) is 9.30. The third-order valence-corrected chi connectivity index (χ3v) is 2.63. The predicted octanol–water partition coefficient (Wildman–Crippen LogP) is 0.855. The monoisotopic (exact) mass is 216 g/mol. The maximum Gasteiger partial charge on any atom is 0.229 e. The summed E-state index contributed by atoms with van der Waals surface area (Å²) < 4.78 is 5.06. The Hall–Kier alpha value is -0.610. The predicted molar refractivity (Wildman–Crippen MR) is 61.6 cm³/mol. The summed E-state index contributed by atoms with van der Waals surface area (Å²) in [6.07, 6.45) is 0. The van der Waals surface area contributed by atoms with Crippen molar-refractivity contribution in [3.8, 4) is 0 Å². The van der Waals surface area contributed by atoms with Gasteiger partial charge in [0.15, 0.2) is 0 Å². The lowest BCUT2D eigenvalue weighted by atomic mass is 9.91. The highest BCUT2D eigenvalue weighted by Gasteiger charge is 2.32. The van der Waals surface area contributed by atoms with Gasteiger partial charge in [0, 0.05) is 20.2 Å². The molecule has 2 N–H and O–H groups in total. The fourth-order valence-corrected chi connectivity index (χ4v) is 1.46. The van der Waals surface area contributed by atoms with Crippen molar-refractivity contribution in [2.45, 2.75) is 33.7 Å². The number of carbonyl (C=O) groups is 1. The van der Waals surface area contributed by atoms with E-state index < -0.39 is 5.41 Å². The van der Waals surface area contributed by atoms with Gasteiger partial charge in [-0.05, 0) is 27.7 Å². The Bertz CT molecular complexity index is 205. The minimum Gasteiger partial charge on any atom is -0.383 e. The van der Waals surface area contributed by atoms with Gasteiger partial charge in [-0.2, -0.15) is 0 Å².